The molecule has 9 heavy (non-hydrogen) atoms. The topological polar surface area (TPSA) is 45.8 Å². The van der Waals surface area contributed by atoms with Gasteiger partial charge in [0.05, 0.1) is 16.4 Å². The van der Waals surface area contributed by atoms with Crippen LogP contribution in [0.15, 0.2) is 10.7 Å². The Labute approximate surface area is 60.6 Å². The molecule has 0 fully saturated rings. The normalized spacial score (nSPS) is 9.44. The molecule has 1 N–H and O–H groups in total. The minimum absolute atomic E-state index is 0.389. The third-order valence-electron chi connectivity index (χ3n) is 0.953. The van der Waals surface area contributed by atoms with Gasteiger partial charge in [0.25, 0.3) is 0 Å². The lowest BCUT2D eigenvalue weighted by Crippen LogP contribution is -1.85. The standard InChI is InChI=1S/C5H5BrN2O/c6-4-3-7-8-5(4)1-2-9/h2-3H,1H2,(H,7,8). The lowest BCUT2D eigenvalue weighted by atomic mass is 10.3. The molecule has 0 saturated carbocycles. The second-order valence-electron chi connectivity index (χ2n) is 1.57. The first-order valence-corrected chi connectivity index (χ1v) is 3.25. The van der Waals surface area contributed by atoms with Crippen LogP contribution < -0.4 is 0 Å². The number of carbonyl (C=O) groups is 1. The zero-order valence-corrected chi connectivity index (χ0v) is 6.18. The molecule has 1 heterocycles. The van der Waals surface area contributed by atoms with Crippen LogP contribution in [0.5, 0.6) is 0 Å². The highest BCUT2D eigenvalue weighted by molar-refractivity contribution is 9.10. The third-order valence-corrected chi connectivity index (χ3v) is 1.64. The molecule has 0 aliphatic heterocycles. The van der Waals surface area contributed by atoms with Gasteiger partial charge in [-0.3, -0.25) is 5.10 Å². The van der Waals surface area contributed by atoms with E-state index < -0.39 is 0 Å². The molecular weight excluding hydrogens is 184 g/mol. The summed E-state index contributed by atoms with van der Waals surface area (Å²) in [6, 6.07) is 0. The average Bonchev–Trinajstić information content (AvgIpc) is 2.18. The van der Waals surface area contributed by atoms with E-state index in [4.69, 9.17) is 0 Å². The van der Waals surface area contributed by atoms with Gasteiger partial charge in [0.15, 0.2) is 0 Å². The predicted octanol–water partition coefficient (Wildman–Crippen LogP) is 0.914. The molecular formula is C5H5BrN2O. The van der Waals surface area contributed by atoms with E-state index in [1.165, 1.54) is 0 Å². The molecule has 0 saturated heterocycles. The first-order valence-electron chi connectivity index (χ1n) is 2.46. The summed E-state index contributed by atoms with van der Waals surface area (Å²) in [6.45, 7) is 0. The molecule has 0 unspecified atom stereocenters. The largest absolute Gasteiger partial charge is 0.303 e. The Morgan fingerprint density at radius 2 is 2.67 bits per heavy atom. The third kappa shape index (κ3) is 1.38. The Morgan fingerprint density at radius 1 is 1.89 bits per heavy atom. The maximum Gasteiger partial charge on any atom is 0.125 e. The molecule has 1 aromatic rings. The van der Waals surface area contributed by atoms with Crippen LogP contribution in [0.2, 0.25) is 0 Å². The van der Waals surface area contributed by atoms with Crippen molar-refractivity contribution in [2.24, 2.45) is 0 Å². The van der Waals surface area contributed by atoms with E-state index in [9.17, 15) is 4.79 Å². The van der Waals surface area contributed by atoms with E-state index in [0.29, 0.717) is 6.42 Å². The Balaban J connectivity index is 2.80. The van der Waals surface area contributed by atoms with Gasteiger partial charge < -0.3 is 4.79 Å². The highest BCUT2D eigenvalue weighted by Gasteiger charge is 1.97. The van der Waals surface area contributed by atoms with E-state index >= 15 is 0 Å². The fourth-order valence-corrected chi connectivity index (χ4v) is 0.878. The molecule has 48 valence electrons. The first-order chi connectivity index (χ1) is 4.34. The van der Waals surface area contributed by atoms with Gasteiger partial charge in [0.2, 0.25) is 0 Å². The summed E-state index contributed by atoms with van der Waals surface area (Å²) in [5.74, 6) is 0. The summed E-state index contributed by atoms with van der Waals surface area (Å²) in [5.41, 5.74) is 0.824. The predicted molar refractivity (Wildman–Crippen MR) is 36.1 cm³/mol. The minimum atomic E-state index is 0.389. The Hall–Kier alpha value is -0.640. The number of H-pyrrole nitrogens is 1. The second kappa shape index (κ2) is 2.77. The highest BCUT2D eigenvalue weighted by Crippen LogP contribution is 2.11. The first kappa shape index (κ1) is 6.48. The van der Waals surface area contributed by atoms with Crippen LogP contribution in [0.3, 0.4) is 0 Å². The molecule has 3 nitrogen and oxygen atoms in total. The lowest BCUT2D eigenvalue weighted by molar-refractivity contribution is -0.107. The SMILES string of the molecule is O=CCc1[nH]ncc1Br. The van der Waals surface area contributed by atoms with Crippen LogP contribution in [0.4, 0.5) is 0 Å². The average molecular weight is 189 g/mol. The van der Waals surface area contributed by atoms with Gasteiger partial charge in [-0.15, -0.1) is 0 Å². The van der Waals surface area contributed by atoms with Gasteiger partial charge in [-0.05, 0) is 15.9 Å². The summed E-state index contributed by atoms with van der Waals surface area (Å²) >= 11 is 3.21. The number of nitrogens with one attached hydrogen (secondary N) is 1. The van der Waals surface area contributed by atoms with Crippen LogP contribution in [-0.4, -0.2) is 16.5 Å². The van der Waals surface area contributed by atoms with Crippen molar-refractivity contribution in [3.63, 3.8) is 0 Å². The van der Waals surface area contributed by atoms with E-state index in [-0.39, 0.29) is 0 Å². The summed E-state index contributed by atoms with van der Waals surface area (Å²) in [7, 11) is 0. The molecule has 0 spiro atoms. The van der Waals surface area contributed by atoms with Crippen molar-refractivity contribution >= 4 is 22.2 Å². The molecule has 0 atom stereocenters. The quantitative estimate of drug-likeness (QED) is 0.702. The van der Waals surface area contributed by atoms with Crippen LogP contribution >= 0.6 is 15.9 Å². The maximum absolute atomic E-state index is 9.96. The van der Waals surface area contributed by atoms with Crippen molar-refractivity contribution in [3.05, 3.63) is 16.4 Å². The molecule has 0 aliphatic rings. The number of hydrogen-bond acceptors (Lipinski definition) is 2. The molecule has 0 aliphatic carbocycles. The number of halogens is 1. The highest BCUT2D eigenvalue weighted by atomic mass is 79.9. The molecule has 4 heteroatoms. The van der Waals surface area contributed by atoms with E-state index in [1.807, 2.05) is 0 Å². The van der Waals surface area contributed by atoms with Gasteiger partial charge in [-0.25, -0.2) is 0 Å². The van der Waals surface area contributed by atoms with Crippen molar-refractivity contribution in [2.75, 3.05) is 0 Å². The summed E-state index contributed by atoms with van der Waals surface area (Å²) in [6.07, 6.45) is 2.84. The second-order valence-corrected chi connectivity index (χ2v) is 2.42. The van der Waals surface area contributed by atoms with E-state index in [1.54, 1.807) is 6.20 Å². The fraction of sp³-hybridized carbons (Fsp3) is 0.200. The molecule has 1 aromatic heterocycles. The smallest absolute Gasteiger partial charge is 0.125 e. The number of hydrogen-bond donors (Lipinski definition) is 1. The van der Waals surface area contributed by atoms with E-state index in [0.717, 1.165) is 16.5 Å². The van der Waals surface area contributed by atoms with Crippen LogP contribution in [0.25, 0.3) is 0 Å². The van der Waals surface area contributed by atoms with Gasteiger partial charge >= 0.3 is 0 Å². The van der Waals surface area contributed by atoms with Gasteiger partial charge in [0.1, 0.15) is 6.29 Å². The number of aldehydes is 1. The van der Waals surface area contributed by atoms with Gasteiger partial charge in [-0.2, -0.15) is 5.10 Å². The van der Waals surface area contributed by atoms with Crippen molar-refractivity contribution in [1.29, 1.82) is 0 Å². The Morgan fingerprint density at radius 3 is 3.11 bits per heavy atom. The maximum atomic E-state index is 9.96. The summed E-state index contributed by atoms with van der Waals surface area (Å²) in [5, 5.41) is 6.39. The number of aromatic amines is 1. The number of carbonyl (C=O) groups excluding carboxylic acids is 1. The van der Waals surface area contributed by atoms with E-state index in [2.05, 4.69) is 26.1 Å². The van der Waals surface area contributed by atoms with Crippen molar-refractivity contribution in [1.82, 2.24) is 10.2 Å². The monoisotopic (exact) mass is 188 g/mol. The number of nitrogens with zero attached hydrogens (tertiary/aromatic N) is 1. The summed E-state index contributed by atoms with van der Waals surface area (Å²) in [4.78, 5) is 9.96. The minimum Gasteiger partial charge on any atom is -0.303 e. The van der Waals surface area contributed by atoms with Crippen molar-refractivity contribution in [3.8, 4) is 0 Å². The molecule has 0 bridgehead atoms. The Bertz CT molecular complexity index is 208. The molecule has 0 aromatic carbocycles. The zero-order valence-electron chi connectivity index (χ0n) is 4.60. The van der Waals surface area contributed by atoms with Crippen molar-refractivity contribution in [2.45, 2.75) is 6.42 Å². The zero-order chi connectivity index (χ0) is 6.69. The molecule has 0 radical (unpaired) electrons. The van der Waals surface area contributed by atoms with Crippen LogP contribution in [0.1, 0.15) is 5.69 Å². The van der Waals surface area contributed by atoms with Crippen LogP contribution in [-0.2, 0) is 11.2 Å². The van der Waals surface area contributed by atoms with Crippen LogP contribution in [0, 0.1) is 0 Å². The van der Waals surface area contributed by atoms with Gasteiger partial charge in [-0.1, -0.05) is 0 Å². The summed E-state index contributed by atoms with van der Waals surface area (Å²) < 4.78 is 0.856. The number of aromatic nitrogens is 2. The Kier molecular flexibility index (Phi) is 2.00. The lowest BCUT2D eigenvalue weighted by Gasteiger charge is -1.84. The molecule has 1 rings (SSSR count). The van der Waals surface area contributed by atoms with Gasteiger partial charge in [0, 0.05) is 6.42 Å². The van der Waals surface area contributed by atoms with Crippen molar-refractivity contribution < 1.29 is 4.79 Å². The number of rotatable bonds is 2. The molecule has 0 amide bonds. The fourth-order valence-electron chi connectivity index (χ4n) is 0.525.